The highest BCUT2D eigenvalue weighted by molar-refractivity contribution is 7.99. The first-order valence-corrected chi connectivity index (χ1v) is 5.90. The predicted octanol–water partition coefficient (Wildman–Crippen LogP) is 2.97. The second-order valence-corrected chi connectivity index (χ2v) is 4.79. The van der Waals surface area contributed by atoms with Crippen LogP contribution < -0.4 is 5.73 Å². The number of anilines is 1. The third kappa shape index (κ3) is 2.74. The lowest BCUT2D eigenvalue weighted by Gasteiger charge is -2.06. The van der Waals surface area contributed by atoms with Gasteiger partial charge in [0, 0.05) is 23.0 Å². The number of hydrogen-bond donors (Lipinski definition) is 1. The van der Waals surface area contributed by atoms with Crippen LogP contribution in [0.3, 0.4) is 0 Å². The van der Waals surface area contributed by atoms with E-state index in [4.69, 9.17) is 5.73 Å². The Morgan fingerprint density at radius 1 is 1.18 bits per heavy atom. The van der Waals surface area contributed by atoms with Crippen molar-refractivity contribution in [1.82, 2.24) is 9.97 Å². The number of rotatable bonds is 2. The average molecular weight is 249 g/mol. The zero-order chi connectivity index (χ0) is 12.4. The molecule has 0 bridgehead atoms. The minimum absolute atomic E-state index is 0.295. The Balaban J connectivity index is 2.30. The molecule has 2 N–H and O–H groups in total. The van der Waals surface area contributed by atoms with Crippen LogP contribution in [-0.2, 0) is 0 Å². The number of nitrogens with two attached hydrogens (primary N) is 1. The van der Waals surface area contributed by atoms with Gasteiger partial charge in [0.2, 0.25) is 0 Å². The molecular formula is C12H12FN3S. The van der Waals surface area contributed by atoms with Gasteiger partial charge in [-0.3, -0.25) is 0 Å². The summed E-state index contributed by atoms with van der Waals surface area (Å²) in [7, 11) is 0. The van der Waals surface area contributed by atoms with Crippen molar-refractivity contribution >= 4 is 17.4 Å². The summed E-state index contributed by atoms with van der Waals surface area (Å²) in [5.41, 5.74) is 7.72. The number of nitrogen functional groups attached to an aromatic ring is 1. The molecule has 5 heteroatoms. The highest BCUT2D eigenvalue weighted by atomic mass is 32.2. The van der Waals surface area contributed by atoms with Gasteiger partial charge in [-0.15, -0.1) is 0 Å². The Bertz CT molecular complexity index is 540. The standard InChI is InChI=1S/C12H12FN3S/c1-7-5-15-12(16-6-7)17-11-3-8(2)9(13)4-10(11)14/h3-6H,14H2,1-2H3. The van der Waals surface area contributed by atoms with E-state index < -0.39 is 0 Å². The summed E-state index contributed by atoms with van der Waals surface area (Å²) in [5.74, 6) is -0.295. The average Bonchev–Trinajstić information content (AvgIpc) is 2.29. The minimum Gasteiger partial charge on any atom is -0.398 e. The van der Waals surface area contributed by atoms with E-state index in [1.165, 1.54) is 17.8 Å². The van der Waals surface area contributed by atoms with Gasteiger partial charge in [0.1, 0.15) is 5.82 Å². The summed E-state index contributed by atoms with van der Waals surface area (Å²) in [4.78, 5) is 9.11. The van der Waals surface area contributed by atoms with Gasteiger partial charge in [-0.25, -0.2) is 14.4 Å². The first-order chi connectivity index (χ1) is 8.06. The zero-order valence-corrected chi connectivity index (χ0v) is 10.4. The minimum atomic E-state index is -0.295. The molecule has 0 atom stereocenters. The Morgan fingerprint density at radius 2 is 1.82 bits per heavy atom. The quantitative estimate of drug-likeness (QED) is 0.656. The normalized spacial score (nSPS) is 10.5. The molecule has 1 aromatic heterocycles. The number of aromatic nitrogens is 2. The van der Waals surface area contributed by atoms with Crippen LogP contribution >= 0.6 is 11.8 Å². The van der Waals surface area contributed by atoms with Gasteiger partial charge in [0.25, 0.3) is 0 Å². The van der Waals surface area contributed by atoms with E-state index in [0.29, 0.717) is 16.4 Å². The fourth-order valence-corrected chi connectivity index (χ4v) is 2.11. The van der Waals surface area contributed by atoms with Crippen molar-refractivity contribution in [3.63, 3.8) is 0 Å². The van der Waals surface area contributed by atoms with Crippen LogP contribution in [0, 0.1) is 19.7 Å². The van der Waals surface area contributed by atoms with Gasteiger partial charge in [-0.1, -0.05) is 0 Å². The van der Waals surface area contributed by atoms with Gasteiger partial charge in [-0.05, 0) is 48.9 Å². The van der Waals surface area contributed by atoms with E-state index >= 15 is 0 Å². The molecule has 0 unspecified atom stereocenters. The van der Waals surface area contributed by atoms with Gasteiger partial charge in [0.15, 0.2) is 5.16 Å². The SMILES string of the molecule is Cc1cnc(Sc2cc(C)c(F)cc2N)nc1. The van der Waals surface area contributed by atoms with E-state index in [2.05, 4.69) is 9.97 Å². The Morgan fingerprint density at radius 3 is 2.47 bits per heavy atom. The van der Waals surface area contributed by atoms with Crippen molar-refractivity contribution in [3.05, 3.63) is 41.5 Å². The summed E-state index contributed by atoms with van der Waals surface area (Å²) in [6, 6.07) is 3.03. The first-order valence-electron chi connectivity index (χ1n) is 5.08. The Labute approximate surface area is 103 Å². The maximum atomic E-state index is 13.2. The molecule has 1 heterocycles. The fraction of sp³-hybridized carbons (Fsp3) is 0.167. The van der Waals surface area contributed by atoms with E-state index in [1.807, 2.05) is 6.92 Å². The third-order valence-electron chi connectivity index (χ3n) is 2.25. The first kappa shape index (κ1) is 11.9. The maximum Gasteiger partial charge on any atom is 0.192 e. The molecule has 3 nitrogen and oxygen atoms in total. The Hall–Kier alpha value is -1.62. The van der Waals surface area contributed by atoms with Gasteiger partial charge >= 0.3 is 0 Å². The van der Waals surface area contributed by atoms with Gasteiger partial charge in [-0.2, -0.15) is 0 Å². The zero-order valence-electron chi connectivity index (χ0n) is 9.57. The van der Waals surface area contributed by atoms with Crippen molar-refractivity contribution in [3.8, 4) is 0 Å². The topological polar surface area (TPSA) is 51.8 Å². The number of hydrogen-bond acceptors (Lipinski definition) is 4. The molecule has 2 rings (SSSR count). The number of aryl methyl sites for hydroxylation is 2. The monoisotopic (exact) mass is 249 g/mol. The fourth-order valence-electron chi connectivity index (χ4n) is 1.29. The van der Waals surface area contributed by atoms with Crippen molar-refractivity contribution in [2.75, 3.05) is 5.73 Å². The van der Waals surface area contributed by atoms with Crippen LogP contribution in [0.2, 0.25) is 0 Å². The molecule has 0 fully saturated rings. The summed E-state index contributed by atoms with van der Waals surface area (Å²) < 4.78 is 13.2. The molecule has 1 aromatic carbocycles. The summed E-state index contributed by atoms with van der Waals surface area (Å²) in [6.07, 6.45) is 3.48. The molecule has 0 aliphatic heterocycles. The van der Waals surface area contributed by atoms with Crippen molar-refractivity contribution in [1.29, 1.82) is 0 Å². The van der Waals surface area contributed by atoms with Crippen LogP contribution in [-0.4, -0.2) is 9.97 Å². The van der Waals surface area contributed by atoms with Crippen LogP contribution in [0.25, 0.3) is 0 Å². The maximum absolute atomic E-state index is 13.2. The number of halogens is 1. The number of benzene rings is 1. The lowest BCUT2D eigenvalue weighted by Crippen LogP contribution is -1.94. The van der Waals surface area contributed by atoms with E-state index in [0.717, 1.165) is 10.5 Å². The number of nitrogens with zero attached hydrogens (tertiary/aromatic N) is 2. The molecule has 0 aliphatic rings. The van der Waals surface area contributed by atoms with E-state index in [1.54, 1.807) is 25.4 Å². The van der Waals surface area contributed by atoms with Crippen molar-refractivity contribution < 1.29 is 4.39 Å². The summed E-state index contributed by atoms with van der Waals surface area (Å²) in [5, 5.41) is 0.605. The molecule has 0 spiro atoms. The molecule has 17 heavy (non-hydrogen) atoms. The largest absolute Gasteiger partial charge is 0.398 e. The van der Waals surface area contributed by atoms with E-state index in [-0.39, 0.29) is 5.82 Å². The molecule has 0 amide bonds. The van der Waals surface area contributed by atoms with Gasteiger partial charge in [0.05, 0.1) is 0 Å². The summed E-state index contributed by atoms with van der Waals surface area (Å²) >= 11 is 1.33. The highest BCUT2D eigenvalue weighted by Crippen LogP contribution is 2.31. The molecule has 0 saturated carbocycles. The third-order valence-corrected chi connectivity index (χ3v) is 3.22. The highest BCUT2D eigenvalue weighted by Gasteiger charge is 2.08. The molecule has 0 aliphatic carbocycles. The lowest BCUT2D eigenvalue weighted by molar-refractivity contribution is 0.618. The van der Waals surface area contributed by atoms with Crippen LogP contribution in [0.1, 0.15) is 11.1 Å². The molecule has 88 valence electrons. The molecule has 2 aromatic rings. The van der Waals surface area contributed by atoms with Crippen LogP contribution in [0.15, 0.2) is 34.6 Å². The van der Waals surface area contributed by atoms with Crippen LogP contribution in [0.4, 0.5) is 10.1 Å². The summed E-state index contributed by atoms with van der Waals surface area (Å²) in [6.45, 7) is 3.62. The van der Waals surface area contributed by atoms with Gasteiger partial charge < -0.3 is 5.73 Å². The molecule has 0 radical (unpaired) electrons. The predicted molar refractivity (Wildman–Crippen MR) is 66.4 cm³/mol. The van der Waals surface area contributed by atoms with Crippen molar-refractivity contribution in [2.24, 2.45) is 0 Å². The van der Waals surface area contributed by atoms with Crippen LogP contribution in [0.5, 0.6) is 0 Å². The molecular weight excluding hydrogens is 237 g/mol. The van der Waals surface area contributed by atoms with Crippen molar-refractivity contribution in [2.45, 2.75) is 23.9 Å². The smallest absolute Gasteiger partial charge is 0.192 e. The lowest BCUT2D eigenvalue weighted by atomic mass is 10.2. The van der Waals surface area contributed by atoms with E-state index in [9.17, 15) is 4.39 Å². The Kier molecular flexibility index (Phi) is 3.28. The second kappa shape index (κ2) is 4.71. The molecule has 0 saturated heterocycles. The second-order valence-electron chi connectivity index (χ2n) is 3.78.